The molecule has 1 unspecified atom stereocenters. The fourth-order valence-corrected chi connectivity index (χ4v) is 6.12. The topological polar surface area (TPSA) is 104 Å². The molecule has 3 aromatic rings. The van der Waals surface area contributed by atoms with Crippen molar-refractivity contribution in [3.8, 4) is 11.5 Å². The van der Waals surface area contributed by atoms with Crippen LogP contribution in [0.1, 0.15) is 52.9 Å². The number of nitrogens with zero attached hydrogens (tertiary/aromatic N) is 2. The first kappa shape index (κ1) is 25.6. The number of benzene rings is 3. The standard InChI is InChI=1S/C31H28N2O7/c1-30(2)39-28(35)31(29(36)40-30)24(18-9-13-21(37-3)14-10-18)25(26(34)19-11-15-22(38-4)16-12-19)33-27(31)23-8-6-5-7-20(23)17-32-33/h5-17,24-25,27H,1-4H3/t24-,25+,27?/m0/s1. The molecule has 0 bridgehead atoms. The molecule has 0 radical (unpaired) electrons. The summed E-state index contributed by atoms with van der Waals surface area (Å²) in [5, 5.41) is 6.26. The molecule has 1 spiro atoms. The normalized spacial score (nSPS) is 23.6. The molecule has 2 saturated heterocycles. The van der Waals surface area contributed by atoms with Crippen LogP contribution in [0.4, 0.5) is 0 Å². The van der Waals surface area contributed by atoms with Crippen LogP contribution in [0.5, 0.6) is 11.5 Å². The van der Waals surface area contributed by atoms with Gasteiger partial charge in [0.25, 0.3) is 5.79 Å². The number of cyclic esters (lactones) is 2. The van der Waals surface area contributed by atoms with Crippen molar-refractivity contribution in [2.24, 2.45) is 10.5 Å². The van der Waals surface area contributed by atoms with Gasteiger partial charge in [0.1, 0.15) is 23.6 Å². The zero-order chi connectivity index (χ0) is 28.2. The Morgan fingerprint density at radius 3 is 2.02 bits per heavy atom. The number of rotatable bonds is 5. The zero-order valence-electron chi connectivity index (χ0n) is 22.5. The van der Waals surface area contributed by atoms with Gasteiger partial charge >= 0.3 is 11.9 Å². The van der Waals surface area contributed by atoms with Crippen LogP contribution >= 0.6 is 0 Å². The summed E-state index contributed by atoms with van der Waals surface area (Å²) in [6, 6.07) is 19.1. The zero-order valence-corrected chi connectivity index (χ0v) is 22.5. The number of hydrogen-bond acceptors (Lipinski definition) is 9. The summed E-state index contributed by atoms with van der Waals surface area (Å²) >= 11 is 0. The molecule has 3 heterocycles. The van der Waals surface area contributed by atoms with E-state index in [9.17, 15) is 14.4 Å². The molecule has 40 heavy (non-hydrogen) atoms. The highest BCUT2D eigenvalue weighted by molar-refractivity contribution is 6.09. The third-order valence-electron chi connectivity index (χ3n) is 7.88. The smallest absolute Gasteiger partial charge is 0.330 e. The summed E-state index contributed by atoms with van der Waals surface area (Å²) in [7, 11) is 3.09. The number of methoxy groups -OCH3 is 2. The third kappa shape index (κ3) is 3.68. The molecular formula is C31H28N2O7. The van der Waals surface area contributed by atoms with E-state index in [0.29, 0.717) is 28.2 Å². The first-order chi connectivity index (χ1) is 19.2. The monoisotopic (exact) mass is 540 g/mol. The van der Waals surface area contributed by atoms with Crippen LogP contribution in [0.2, 0.25) is 0 Å². The van der Waals surface area contributed by atoms with E-state index in [1.807, 2.05) is 24.3 Å². The van der Waals surface area contributed by atoms with E-state index in [-0.39, 0.29) is 5.78 Å². The molecule has 0 amide bonds. The van der Waals surface area contributed by atoms with Gasteiger partial charge in [0.15, 0.2) is 5.78 Å². The van der Waals surface area contributed by atoms with Crippen molar-refractivity contribution in [1.29, 1.82) is 0 Å². The van der Waals surface area contributed by atoms with Crippen molar-refractivity contribution in [3.05, 3.63) is 95.1 Å². The van der Waals surface area contributed by atoms with Crippen molar-refractivity contribution in [2.75, 3.05) is 14.2 Å². The molecule has 0 aromatic heterocycles. The number of fused-ring (bicyclic) bond motifs is 4. The highest BCUT2D eigenvalue weighted by Gasteiger charge is 2.75. The first-order valence-corrected chi connectivity index (χ1v) is 12.9. The number of carbonyl (C=O) groups excluding carboxylic acids is 3. The Labute approximate surface area is 231 Å². The number of hydrazone groups is 1. The van der Waals surface area contributed by atoms with Gasteiger partial charge < -0.3 is 18.9 Å². The summed E-state index contributed by atoms with van der Waals surface area (Å²) < 4.78 is 22.2. The lowest BCUT2D eigenvalue weighted by Gasteiger charge is -2.44. The Hall–Kier alpha value is -4.66. The van der Waals surface area contributed by atoms with Crippen molar-refractivity contribution in [3.63, 3.8) is 0 Å². The van der Waals surface area contributed by atoms with E-state index >= 15 is 0 Å². The van der Waals surface area contributed by atoms with Gasteiger partial charge in [0, 0.05) is 25.3 Å². The molecule has 6 rings (SSSR count). The van der Waals surface area contributed by atoms with Gasteiger partial charge in [0.2, 0.25) is 5.41 Å². The minimum absolute atomic E-state index is 0.313. The van der Waals surface area contributed by atoms with Crippen molar-refractivity contribution < 1.29 is 33.3 Å². The summed E-state index contributed by atoms with van der Waals surface area (Å²) in [6.45, 7) is 3.02. The Morgan fingerprint density at radius 1 is 0.850 bits per heavy atom. The molecule has 9 nitrogen and oxygen atoms in total. The van der Waals surface area contributed by atoms with Gasteiger partial charge in [-0.1, -0.05) is 36.4 Å². The van der Waals surface area contributed by atoms with E-state index in [1.165, 1.54) is 13.8 Å². The molecule has 3 aliphatic heterocycles. The first-order valence-electron chi connectivity index (χ1n) is 12.9. The number of ether oxygens (including phenoxy) is 4. The fourth-order valence-electron chi connectivity index (χ4n) is 6.12. The Kier molecular flexibility index (Phi) is 5.90. The van der Waals surface area contributed by atoms with E-state index in [4.69, 9.17) is 18.9 Å². The molecule has 204 valence electrons. The molecule has 2 fully saturated rings. The van der Waals surface area contributed by atoms with E-state index in [0.717, 1.165) is 5.56 Å². The molecule has 0 saturated carbocycles. The van der Waals surface area contributed by atoms with Crippen molar-refractivity contribution >= 4 is 23.9 Å². The lowest BCUT2D eigenvalue weighted by molar-refractivity contribution is -0.254. The van der Waals surface area contributed by atoms with Crippen molar-refractivity contribution in [2.45, 2.75) is 37.6 Å². The minimum atomic E-state index is -1.93. The second-order valence-electron chi connectivity index (χ2n) is 10.5. The Bertz CT molecular complexity index is 1510. The van der Waals surface area contributed by atoms with Gasteiger partial charge in [-0.15, -0.1) is 0 Å². The summed E-state index contributed by atoms with van der Waals surface area (Å²) in [5.41, 5.74) is 0.440. The average molecular weight is 541 g/mol. The molecule has 3 aromatic carbocycles. The Morgan fingerprint density at radius 2 is 1.43 bits per heavy atom. The molecule has 0 aliphatic carbocycles. The van der Waals surface area contributed by atoms with Crippen LogP contribution in [0.3, 0.4) is 0 Å². The van der Waals surface area contributed by atoms with E-state index in [1.54, 1.807) is 74.0 Å². The lowest BCUT2D eigenvalue weighted by atomic mass is 9.65. The lowest BCUT2D eigenvalue weighted by Crippen LogP contribution is -2.58. The van der Waals surface area contributed by atoms with Gasteiger partial charge in [-0.3, -0.25) is 19.4 Å². The molecule has 3 atom stereocenters. The SMILES string of the molecule is COc1ccc(C(=O)[C@H]2[C@H](c3ccc(OC)cc3)C3(C(=O)OC(C)(C)OC3=O)C3c4ccccc4C=NN32)cc1. The molecule has 3 aliphatic rings. The van der Waals surface area contributed by atoms with Crippen LogP contribution in [0.15, 0.2) is 77.9 Å². The van der Waals surface area contributed by atoms with Crippen LogP contribution in [-0.4, -0.2) is 55.0 Å². The van der Waals surface area contributed by atoms with Gasteiger partial charge in [-0.25, -0.2) is 0 Å². The minimum Gasteiger partial charge on any atom is -0.497 e. The van der Waals surface area contributed by atoms with Gasteiger partial charge in [-0.05, 0) is 53.1 Å². The number of esters is 2. The van der Waals surface area contributed by atoms with Crippen molar-refractivity contribution in [1.82, 2.24) is 5.01 Å². The van der Waals surface area contributed by atoms with E-state index < -0.39 is 41.1 Å². The molecular weight excluding hydrogens is 512 g/mol. The van der Waals surface area contributed by atoms with Crippen LogP contribution in [-0.2, 0) is 19.1 Å². The maximum Gasteiger partial charge on any atom is 0.330 e. The molecule has 0 N–H and O–H groups in total. The van der Waals surface area contributed by atoms with Gasteiger partial charge in [0.05, 0.1) is 20.4 Å². The summed E-state index contributed by atoms with van der Waals surface area (Å²) in [6.07, 6.45) is 1.65. The van der Waals surface area contributed by atoms with E-state index in [2.05, 4.69) is 5.10 Å². The number of hydrogen-bond donors (Lipinski definition) is 0. The predicted molar refractivity (Wildman–Crippen MR) is 144 cm³/mol. The number of Topliss-reactive ketones (excluding diaryl/α,β-unsaturated/α-hetero) is 1. The molecule has 9 heteroatoms. The van der Waals surface area contributed by atoms with Gasteiger partial charge in [-0.2, -0.15) is 5.10 Å². The number of carbonyl (C=O) groups is 3. The summed E-state index contributed by atoms with van der Waals surface area (Å²) in [4.78, 5) is 42.9. The average Bonchev–Trinajstić information content (AvgIpc) is 3.28. The van der Waals surface area contributed by atoms with Crippen LogP contribution in [0.25, 0.3) is 0 Å². The Balaban J connectivity index is 1.62. The predicted octanol–water partition coefficient (Wildman–Crippen LogP) is 4.27. The largest absolute Gasteiger partial charge is 0.497 e. The van der Waals surface area contributed by atoms with Crippen LogP contribution < -0.4 is 9.47 Å². The fraction of sp³-hybridized carbons (Fsp3) is 0.290. The van der Waals surface area contributed by atoms with Crippen LogP contribution in [0, 0.1) is 5.41 Å². The highest BCUT2D eigenvalue weighted by Crippen LogP contribution is 2.63. The summed E-state index contributed by atoms with van der Waals surface area (Å²) in [5.74, 6) is -3.13. The maximum absolute atomic E-state index is 14.4. The number of ketones is 1. The second kappa shape index (κ2) is 9.22. The second-order valence-corrected chi connectivity index (χ2v) is 10.5. The maximum atomic E-state index is 14.4. The highest BCUT2D eigenvalue weighted by atomic mass is 16.7. The third-order valence-corrected chi connectivity index (χ3v) is 7.88. The quantitative estimate of drug-likeness (QED) is 0.269.